The topological polar surface area (TPSA) is 81.4 Å². The maximum absolute atomic E-state index is 13.0. The van der Waals surface area contributed by atoms with Crippen LogP contribution in [0.4, 0.5) is 10.1 Å². The molecule has 0 aliphatic carbocycles. The van der Waals surface area contributed by atoms with E-state index in [1.165, 1.54) is 28.8 Å². The minimum atomic E-state index is -0.531. The van der Waals surface area contributed by atoms with E-state index in [1.54, 1.807) is 28.8 Å². The highest BCUT2D eigenvalue weighted by molar-refractivity contribution is 6.04. The molecule has 7 heteroatoms. The Morgan fingerprint density at radius 3 is 2.75 bits per heavy atom. The SMILES string of the molecule is N#CCC[n+]1c(O)c(C(=O)Nc2ccc(F)cc2)n2ccccc21. The third-order valence-electron chi connectivity index (χ3n) is 3.59. The number of nitrogens with zero attached hydrogens (tertiary/aromatic N) is 3. The number of aryl methyl sites for hydroxylation is 1. The molecule has 0 atom stereocenters. The summed E-state index contributed by atoms with van der Waals surface area (Å²) in [5.74, 6) is -1.16. The molecular weight excluding hydrogens is 311 g/mol. The molecule has 0 aliphatic heterocycles. The number of anilines is 1. The second-order valence-corrected chi connectivity index (χ2v) is 5.12. The number of carbonyl (C=O) groups is 1. The summed E-state index contributed by atoms with van der Waals surface area (Å²) in [7, 11) is 0. The monoisotopic (exact) mass is 325 g/mol. The van der Waals surface area contributed by atoms with E-state index < -0.39 is 11.7 Å². The predicted octanol–water partition coefficient (Wildman–Crippen LogP) is 2.24. The molecule has 6 nitrogen and oxygen atoms in total. The van der Waals surface area contributed by atoms with Crippen LogP contribution < -0.4 is 9.88 Å². The van der Waals surface area contributed by atoms with Crippen LogP contribution in [0.3, 0.4) is 0 Å². The number of fused-ring (bicyclic) bond motifs is 1. The Bertz CT molecular complexity index is 942. The van der Waals surface area contributed by atoms with E-state index >= 15 is 0 Å². The highest BCUT2D eigenvalue weighted by Gasteiger charge is 2.30. The summed E-state index contributed by atoms with van der Waals surface area (Å²) in [5.41, 5.74) is 1.05. The summed E-state index contributed by atoms with van der Waals surface area (Å²) in [6.45, 7) is 0.264. The molecule has 2 aromatic heterocycles. The first-order valence-corrected chi connectivity index (χ1v) is 7.27. The van der Waals surface area contributed by atoms with Crippen LogP contribution in [0.15, 0.2) is 48.7 Å². The minimum Gasteiger partial charge on any atom is -0.475 e. The molecule has 0 saturated carbocycles. The van der Waals surface area contributed by atoms with Gasteiger partial charge in [-0.15, -0.1) is 0 Å². The van der Waals surface area contributed by atoms with Crippen molar-refractivity contribution in [3.05, 3.63) is 60.2 Å². The fourth-order valence-corrected chi connectivity index (χ4v) is 2.50. The maximum atomic E-state index is 13.0. The Morgan fingerprint density at radius 1 is 1.29 bits per heavy atom. The van der Waals surface area contributed by atoms with Crippen LogP contribution >= 0.6 is 0 Å². The number of aromatic hydroxyl groups is 1. The molecule has 0 bridgehead atoms. The van der Waals surface area contributed by atoms with E-state index in [9.17, 15) is 14.3 Å². The third-order valence-corrected chi connectivity index (χ3v) is 3.59. The molecule has 1 aromatic carbocycles. The van der Waals surface area contributed by atoms with Gasteiger partial charge in [0.15, 0.2) is 0 Å². The molecule has 2 N–H and O–H groups in total. The number of imidazole rings is 1. The molecule has 0 saturated heterocycles. The summed E-state index contributed by atoms with van der Waals surface area (Å²) in [6, 6.07) is 12.6. The van der Waals surface area contributed by atoms with Crippen molar-refractivity contribution < 1.29 is 18.9 Å². The highest BCUT2D eigenvalue weighted by atomic mass is 19.1. The standard InChI is InChI=1S/C17H13FN4O2/c18-12-5-7-13(8-6-12)20-16(23)15-17(24)22(11-3-9-19)14-4-1-2-10-21(14)15/h1-2,4-8,10H,3,11H2,(H-,20,23,24)/p+1. The van der Waals surface area contributed by atoms with Crippen LogP contribution in [0.1, 0.15) is 16.9 Å². The Labute approximate surface area is 137 Å². The van der Waals surface area contributed by atoms with Gasteiger partial charge in [0.05, 0.1) is 18.7 Å². The lowest BCUT2D eigenvalue weighted by Gasteiger charge is -2.02. The van der Waals surface area contributed by atoms with Crippen LogP contribution in [0, 0.1) is 17.1 Å². The third kappa shape index (κ3) is 2.77. The van der Waals surface area contributed by atoms with E-state index in [0.29, 0.717) is 11.3 Å². The number of halogens is 1. The van der Waals surface area contributed by atoms with E-state index in [2.05, 4.69) is 5.32 Å². The Kier molecular flexibility index (Phi) is 4.12. The molecule has 0 unspecified atom stereocenters. The number of hydrogen-bond donors (Lipinski definition) is 2. The maximum Gasteiger partial charge on any atom is 0.337 e. The Hall–Kier alpha value is -3.40. The van der Waals surface area contributed by atoms with Gasteiger partial charge in [-0.2, -0.15) is 14.2 Å². The lowest BCUT2D eigenvalue weighted by atomic mass is 10.3. The number of nitrogens with one attached hydrogen (secondary N) is 1. The molecule has 120 valence electrons. The number of nitriles is 1. The normalized spacial score (nSPS) is 10.5. The first-order valence-electron chi connectivity index (χ1n) is 7.27. The van der Waals surface area contributed by atoms with E-state index in [0.717, 1.165) is 0 Å². The van der Waals surface area contributed by atoms with Crippen molar-refractivity contribution in [1.82, 2.24) is 4.40 Å². The fraction of sp³-hybridized carbons (Fsp3) is 0.118. The molecule has 0 spiro atoms. The first-order chi connectivity index (χ1) is 11.6. The number of amides is 1. The predicted molar refractivity (Wildman–Crippen MR) is 83.8 cm³/mol. The van der Waals surface area contributed by atoms with Crippen molar-refractivity contribution >= 4 is 17.2 Å². The molecule has 0 radical (unpaired) electrons. The Morgan fingerprint density at radius 2 is 2.04 bits per heavy atom. The van der Waals surface area contributed by atoms with Crippen molar-refractivity contribution in [2.75, 3.05) is 5.32 Å². The largest absolute Gasteiger partial charge is 0.475 e. The van der Waals surface area contributed by atoms with E-state index in [-0.39, 0.29) is 24.5 Å². The van der Waals surface area contributed by atoms with Gasteiger partial charge in [-0.25, -0.2) is 4.39 Å². The number of carbonyl (C=O) groups excluding carboxylic acids is 1. The van der Waals surface area contributed by atoms with Crippen LogP contribution in [0.5, 0.6) is 5.88 Å². The van der Waals surface area contributed by atoms with Gasteiger partial charge in [0.2, 0.25) is 0 Å². The molecular formula is C17H14FN4O2+. The zero-order chi connectivity index (χ0) is 17.1. The van der Waals surface area contributed by atoms with Gasteiger partial charge in [0, 0.05) is 11.8 Å². The second-order valence-electron chi connectivity index (χ2n) is 5.12. The smallest absolute Gasteiger partial charge is 0.337 e. The van der Waals surface area contributed by atoms with E-state index in [1.807, 2.05) is 6.07 Å². The number of aromatic nitrogens is 2. The summed E-state index contributed by atoms with van der Waals surface area (Å²) in [5, 5.41) is 21.8. The molecule has 1 amide bonds. The molecule has 3 aromatic rings. The Balaban J connectivity index is 2.02. The zero-order valence-corrected chi connectivity index (χ0v) is 12.6. The molecule has 24 heavy (non-hydrogen) atoms. The lowest BCUT2D eigenvalue weighted by molar-refractivity contribution is -0.675. The summed E-state index contributed by atoms with van der Waals surface area (Å²) >= 11 is 0. The number of benzene rings is 1. The molecule has 0 aliphatic rings. The number of rotatable bonds is 4. The van der Waals surface area contributed by atoms with E-state index in [4.69, 9.17) is 5.26 Å². The van der Waals surface area contributed by atoms with Crippen molar-refractivity contribution in [3.63, 3.8) is 0 Å². The van der Waals surface area contributed by atoms with Gasteiger partial charge < -0.3 is 10.4 Å². The van der Waals surface area contributed by atoms with Crippen LogP contribution in [0.2, 0.25) is 0 Å². The van der Waals surface area contributed by atoms with Crippen molar-refractivity contribution in [2.45, 2.75) is 13.0 Å². The van der Waals surface area contributed by atoms with Gasteiger partial charge in [0.1, 0.15) is 12.4 Å². The van der Waals surface area contributed by atoms with Gasteiger partial charge >= 0.3 is 11.8 Å². The molecule has 2 heterocycles. The molecule has 0 fully saturated rings. The first kappa shape index (κ1) is 15.5. The van der Waals surface area contributed by atoms with Crippen molar-refractivity contribution in [3.8, 4) is 11.9 Å². The van der Waals surface area contributed by atoms with Gasteiger partial charge in [-0.1, -0.05) is 6.07 Å². The number of hydrogen-bond acceptors (Lipinski definition) is 3. The zero-order valence-electron chi connectivity index (χ0n) is 12.6. The van der Waals surface area contributed by atoms with Crippen molar-refractivity contribution in [2.24, 2.45) is 0 Å². The summed E-state index contributed by atoms with van der Waals surface area (Å²) < 4.78 is 16.0. The second kappa shape index (κ2) is 6.38. The number of pyridine rings is 1. The molecule has 3 rings (SSSR count). The summed E-state index contributed by atoms with van der Waals surface area (Å²) in [4.78, 5) is 12.6. The van der Waals surface area contributed by atoms with Gasteiger partial charge in [-0.05, 0) is 30.3 Å². The average molecular weight is 325 g/mol. The quantitative estimate of drug-likeness (QED) is 0.722. The van der Waals surface area contributed by atoms with Crippen LogP contribution in [-0.4, -0.2) is 15.4 Å². The highest BCUT2D eigenvalue weighted by Crippen LogP contribution is 2.19. The van der Waals surface area contributed by atoms with Crippen LogP contribution in [-0.2, 0) is 6.54 Å². The van der Waals surface area contributed by atoms with Crippen LogP contribution in [0.25, 0.3) is 5.65 Å². The van der Waals surface area contributed by atoms with Gasteiger partial charge in [0.25, 0.3) is 11.3 Å². The van der Waals surface area contributed by atoms with Crippen molar-refractivity contribution in [1.29, 1.82) is 5.26 Å². The minimum absolute atomic E-state index is 0.0489. The fourth-order valence-electron chi connectivity index (χ4n) is 2.50. The van der Waals surface area contributed by atoms with Gasteiger partial charge in [-0.3, -0.25) is 4.79 Å². The summed E-state index contributed by atoms with van der Waals surface area (Å²) in [6.07, 6.45) is 1.85. The lowest BCUT2D eigenvalue weighted by Crippen LogP contribution is -2.33. The average Bonchev–Trinajstić information content (AvgIpc) is 2.86.